The third kappa shape index (κ3) is 3.98. The first kappa shape index (κ1) is 18.2. The molecule has 1 saturated heterocycles. The van der Waals surface area contributed by atoms with Crippen molar-refractivity contribution in [3.8, 4) is 5.75 Å². The first-order chi connectivity index (χ1) is 12.3. The number of fused-ring (bicyclic) bond motifs is 1. The summed E-state index contributed by atoms with van der Waals surface area (Å²) >= 11 is 0. The second-order valence-corrected chi connectivity index (χ2v) is 6.07. The number of ether oxygens (including phenoxy) is 1. The number of nitrogens with one attached hydrogen (secondary N) is 2. The molecule has 0 spiro atoms. The summed E-state index contributed by atoms with van der Waals surface area (Å²) in [5.74, 6) is 1.36. The molecular weight excluding hydrogens is 352 g/mol. The number of hydrogen-bond donors (Lipinski definition) is 3. The average Bonchev–Trinajstić information content (AvgIpc) is 3.15. The second-order valence-electron chi connectivity index (χ2n) is 6.07. The maximum Gasteiger partial charge on any atom is 1.00 e. The number of halogens is 1. The van der Waals surface area contributed by atoms with E-state index in [0.717, 1.165) is 42.7 Å². The predicted molar refractivity (Wildman–Crippen MR) is 99.5 cm³/mol. The van der Waals surface area contributed by atoms with Crippen LogP contribution in [-0.2, 0) is 4.74 Å². The van der Waals surface area contributed by atoms with Crippen LogP contribution in [0.3, 0.4) is 0 Å². The predicted octanol–water partition coefficient (Wildman–Crippen LogP) is 0.786. The lowest BCUT2D eigenvalue weighted by atomic mass is 10.2. The van der Waals surface area contributed by atoms with E-state index in [1.807, 2.05) is 30.3 Å². The lowest BCUT2D eigenvalue weighted by molar-refractivity contribution is -0.00000729. The third-order valence-corrected chi connectivity index (χ3v) is 4.27. The van der Waals surface area contributed by atoms with E-state index in [2.05, 4.69) is 20.6 Å². The average molecular weight is 373 g/mol. The highest BCUT2D eigenvalue weighted by Crippen LogP contribution is 2.27. The molecule has 1 aliphatic rings. The van der Waals surface area contributed by atoms with Gasteiger partial charge in [0, 0.05) is 18.5 Å². The van der Waals surface area contributed by atoms with Crippen molar-refractivity contribution >= 4 is 28.4 Å². The molecule has 3 aromatic rings. The van der Waals surface area contributed by atoms with E-state index in [-0.39, 0.29) is 25.7 Å². The molecule has 1 fully saturated rings. The minimum absolute atomic E-state index is 0. The maximum atomic E-state index is 9.95. The van der Waals surface area contributed by atoms with E-state index in [0.29, 0.717) is 11.6 Å². The molecule has 0 amide bonds. The van der Waals surface area contributed by atoms with Crippen LogP contribution in [0, 0.1) is 0 Å². The smallest absolute Gasteiger partial charge is 1.00 e. The largest absolute Gasteiger partial charge is 1.00 e. The molecular formula is C19H21ClN4O2. The highest BCUT2D eigenvalue weighted by molar-refractivity contribution is 5.90. The minimum Gasteiger partial charge on any atom is -1.00 e. The number of hydrogen-bond acceptors (Lipinski definition) is 6. The van der Waals surface area contributed by atoms with Gasteiger partial charge in [-0.1, -0.05) is 24.3 Å². The van der Waals surface area contributed by atoms with Crippen LogP contribution in [0.5, 0.6) is 5.75 Å². The van der Waals surface area contributed by atoms with Crippen LogP contribution in [0.2, 0.25) is 0 Å². The van der Waals surface area contributed by atoms with Crippen molar-refractivity contribution in [3.05, 3.63) is 48.5 Å². The van der Waals surface area contributed by atoms with Crippen molar-refractivity contribution in [2.24, 2.45) is 0 Å². The number of nitrogens with zero attached hydrogens (tertiary/aromatic N) is 2. The van der Waals surface area contributed by atoms with Gasteiger partial charge >= 0.3 is 1.43 Å². The van der Waals surface area contributed by atoms with E-state index in [1.54, 1.807) is 18.2 Å². The van der Waals surface area contributed by atoms with Crippen molar-refractivity contribution in [3.63, 3.8) is 0 Å². The molecule has 7 heteroatoms. The first-order valence-electron chi connectivity index (χ1n) is 8.47. The van der Waals surface area contributed by atoms with Gasteiger partial charge in [-0.2, -0.15) is 4.98 Å². The van der Waals surface area contributed by atoms with Crippen LogP contribution in [-0.4, -0.2) is 34.3 Å². The van der Waals surface area contributed by atoms with Crippen molar-refractivity contribution < 1.29 is 23.7 Å². The lowest BCUT2D eigenvalue weighted by Gasteiger charge is -2.14. The Labute approximate surface area is 159 Å². The Kier molecular flexibility index (Phi) is 5.75. The highest BCUT2D eigenvalue weighted by atomic mass is 35.5. The Morgan fingerprint density at radius 2 is 1.92 bits per heavy atom. The van der Waals surface area contributed by atoms with Gasteiger partial charge in [-0.3, -0.25) is 0 Å². The van der Waals surface area contributed by atoms with Crippen LogP contribution in [0.4, 0.5) is 17.5 Å². The number of phenols is 1. The number of aromatic nitrogens is 2. The molecule has 4 rings (SSSR count). The van der Waals surface area contributed by atoms with Gasteiger partial charge in [-0.15, -0.1) is 0 Å². The van der Waals surface area contributed by atoms with E-state index in [9.17, 15) is 5.11 Å². The molecule has 1 atom stereocenters. The zero-order valence-corrected chi connectivity index (χ0v) is 14.9. The molecule has 26 heavy (non-hydrogen) atoms. The van der Waals surface area contributed by atoms with Gasteiger partial charge < -0.3 is 32.9 Å². The molecule has 6 nitrogen and oxygen atoms in total. The van der Waals surface area contributed by atoms with Gasteiger partial charge in [-0.25, -0.2) is 4.98 Å². The summed E-state index contributed by atoms with van der Waals surface area (Å²) in [5, 5.41) is 17.4. The monoisotopic (exact) mass is 372 g/mol. The van der Waals surface area contributed by atoms with Crippen molar-refractivity contribution in [2.75, 3.05) is 23.8 Å². The van der Waals surface area contributed by atoms with Gasteiger partial charge in [0.1, 0.15) is 11.6 Å². The van der Waals surface area contributed by atoms with Crippen molar-refractivity contribution in [2.45, 2.75) is 18.9 Å². The molecule has 1 aliphatic heterocycles. The first-order valence-corrected chi connectivity index (χ1v) is 8.47. The van der Waals surface area contributed by atoms with Gasteiger partial charge in [0.05, 0.1) is 17.3 Å². The molecule has 1 aromatic heterocycles. The zero-order valence-electron chi connectivity index (χ0n) is 15.2. The molecule has 2 aromatic carbocycles. The topological polar surface area (TPSA) is 79.3 Å². The number of anilines is 3. The Balaban J connectivity index is 0.00000131. The van der Waals surface area contributed by atoms with Gasteiger partial charge in [0.2, 0.25) is 5.95 Å². The molecule has 1 unspecified atom stereocenters. The SMILES string of the molecule is Oc1ccccc1Nc1nc(NCC2CCCO2)c2ccccc2n1.[Cl-].[H+]. The fourth-order valence-electron chi connectivity index (χ4n) is 2.98. The molecule has 0 saturated carbocycles. The quantitative estimate of drug-likeness (QED) is 0.575. The standard InChI is InChI=1S/C19H20N4O2.ClH/c24-17-10-4-3-9-16(17)22-19-21-15-8-2-1-7-14(15)18(23-19)20-12-13-6-5-11-25-13;/h1-4,7-10,13,24H,5-6,11-12H2,(H2,20,21,22,23);1H. The summed E-state index contributed by atoms with van der Waals surface area (Å²) in [5.41, 5.74) is 1.41. The number of aromatic hydroxyl groups is 1. The van der Waals surface area contributed by atoms with Crippen LogP contribution in [0.15, 0.2) is 48.5 Å². The van der Waals surface area contributed by atoms with E-state index < -0.39 is 0 Å². The van der Waals surface area contributed by atoms with Gasteiger partial charge in [0.25, 0.3) is 0 Å². The number of para-hydroxylation sites is 3. The van der Waals surface area contributed by atoms with Crippen molar-refractivity contribution in [1.29, 1.82) is 0 Å². The summed E-state index contributed by atoms with van der Waals surface area (Å²) in [6, 6.07) is 14.9. The molecule has 0 radical (unpaired) electrons. The second kappa shape index (κ2) is 8.21. The number of rotatable bonds is 5. The Morgan fingerprint density at radius 3 is 2.73 bits per heavy atom. The van der Waals surface area contributed by atoms with Gasteiger partial charge in [-0.05, 0) is 37.1 Å². The summed E-state index contributed by atoms with van der Waals surface area (Å²) in [7, 11) is 0. The fourth-order valence-corrected chi connectivity index (χ4v) is 2.98. The molecule has 2 heterocycles. The lowest BCUT2D eigenvalue weighted by Crippen LogP contribution is -3.00. The Bertz CT molecular complexity index is 890. The molecule has 136 valence electrons. The molecule has 3 N–H and O–H groups in total. The van der Waals surface area contributed by atoms with Crippen LogP contribution in [0.25, 0.3) is 10.9 Å². The van der Waals surface area contributed by atoms with Crippen LogP contribution < -0.4 is 23.0 Å². The number of phenolic OH excluding ortho intramolecular Hbond substituents is 1. The van der Waals surface area contributed by atoms with Crippen LogP contribution >= 0.6 is 0 Å². The molecule has 0 aliphatic carbocycles. The summed E-state index contributed by atoms with van der Waals surface area (Å²) in [6.45, 7) is 1.55. The molecule has 0 bridgehead atoms. The van der Waals surface area contributed by atoms with Gasteiger partial charge in [0.15, 0.2) is 0 Å². The third-order valence-electron chi connectivity index (χ3n) is 4.27. The zero-order chi connectivity index (χ0) is 17.1. The summed E-state index contributed by atoms with van der Waals surface area (Å²) < 4.78 is 5.67. The normalized spacial score (nSPS) is 16.2. The Hall–Kier alpha value is -2.57. The maximum absolute atomic E-state index is 9.95. The van der Waals surface area contributed by atoms with E-state index in [1.165, 1.54) is 0 Å². The Morgan fingerprint density at radius 1 is 1.12 bits per heavy atom. The minimum atomic E-state index is 0. The highest BCUT2D eigenvalue weighted by Gasteiger charge is 2.16. The fraction of sp³-hybridized carbons (Fsp3) is 0.263. The van der Waals surface area contributed by atoms with E-state index >= 15 is 0 Å². The van der Waals surface area contributed by atoms with E-state index in [4.69, 9.17) is 4.74 Å². The van der Waals surface area contributed by atoms with Crippen molar-refractivity contribution in [1.82, 2.24) is 9.97 Å². The number of benzene rings is 2. The summed E-state index contributed by atoms with van der Waals surface area (Å²) in [6.07, 6.45) is 2.40. The summed E-state index contributed by atoms with van der Waals surface area (Å²) in [4.78, 5) is 9.15. The van der Waals surface area contributed by atoms with Crippen LogP contribution in [0.1, 0.15) is 14.3 Å².